The molecule has 4 aliphatic heterocycles. The van der Waals surface area contributed by atoms with Crippen molar-refractivity contribution in [1.82, 2.24) is 10.2 Å². The van der Waals surface area contributed by atoms with Crippen molar-refractivity contribution in [3.63, 3.8) is 0 Å². The van der Waals surface area contributed by atoms with Crippen LogP contribution in [0.1, 0.15) is 38.7 Å². The summed E-state index contributed by atoms with van der Waals surface area (Å²) in [5.41, 5.74) is 0.723. The molecule has 4 heterocycles. The molecule has 0 saturated carbocycles. The van der Waals surface area contributed by atoms with E-state index in [-0.39, 0.29) is 24.6 Å². The number of ether oxygens (including phenoxy) is 2. The molecular weight excluding hydrogens is 374 g/mol. The van der Waals surface area contributed by atoms with Crippen molar-refractivity contribution in [2.24, 2.45) is 5.41 Å². The first-order valence-electron chi connectivity index (χ1n) is 9.96. The minimum atomic E-state index is -1.14. The van der Waals surface area contributed by atoms with Gasteiger partial charge in [0.15, 0.2) is 11.5 Å². The summed E-state index contributed by atoms with van der Waals surface area (Å²) in [7, 11) is 0. The second-order valence-electron chi connectivity index (χ2n) is 9.10. The lowest BCUT2D eigenvalue weighted by atomic mass is 9.66. The molecule has 8 nitrogen and oxygen atoms in total. The summed E-state index contributed by atoms with van der Waals surface area (Å²) < 4.78 is 11.9. The highest BCUT2D eigenvalue weighted by atomic mass is 16.7. The highest BCUT2D eigenvalue weighted by molar-refractivity contribution is 6.29. The molecule has 2 saturated heterocycles. The fraction of sp³-hybridized carbons (Fsp3) is 0.476. The number of nitrogens with zero attached hydrogens (tertiary/aromatic N) is 2. The van der Waals surface area contributed by atoms with Gasteiger partial charge in [0.2, 0.25) is 24.1 Å². The van der Waals surface area contributed by atoms with Crippen molar-refractivity contribution in [3.05, 3.63) is 29.0 Å². The van der Waals surface area contributed by atoms with Crippen molar-refractivity contribution in [2.75, 3.05) is 13.3 Å². The molecule has 150 valence electrons. The van der Waals surface area contributed by atoms with Crippen molar-refractivity contribution < 1.29 is 23.8 Å². The number of carbonyl (C=O) groups is 2. The quantitative estimate of drug-likeness (QED) is 0.533. The van der Waals surface area contributed by atoms with Crippen LogP contribution >= 0.6 is 0 Å². The van der Waals surface area contributed by atoms with Crippen LogP contribution in [0.3, 0.4) is 0 Å². The summed E-state index contributed by atoms with van der Waals surface area (Å²) in [6.45, 7) is 4.61. The Labute approximate surface area is 167 Å². The largest absolute Gasteiger partial charge is 0.618 e. The predicted molar refractivity (Wildman–Crippen MR) is 103 cm³/mol. The number of allylic oxidation sites excluding steroid dienone is 1. The maximum Gasteiger partial charge on any atom is 0.253 e. The van der Waals surface area contributed by atoms with Crippen LogP contribution in [0.5, 0.6) is 11.5 Å². The Morgan fingerprint density at radius 3 is 2.79 bits per heavy atom. The van der Waals surface area contributed by atoms with E-state index < -0.39 is 11.0 Å². The minimum absolute atomic E-state index is 0.0779. The third kappa shape index (κ3) is 2.01. The number of rotatable bonds is 0. The lowest BCUT2D eigenvalue weighted by Crippen LogP contribution is -2.70. The summed E-state index contributed by atoms with van der Waals surface area (Å²) in [5.74, 6) is 0.932. The molecule has 1 aromatic carbocycles. The molecule has 1 spiro atoms. The molecule has 1 aromatic rings. The van der Waals surface area contributed by atoms with E-state index in [0.29, 0.717) is 53.4 Å². The normalized spacial score (nSPS) is 30.9. The Hall–Kier alpha value is -3.03. The van der Waals surface area contributed by atoms with Gasteiger partial charge >= 0.3 is 0 Å². The van der Waals surface area contributed by atoms with Gasteiger partial charge in [-0.05, 0) is 45.3 Å². The monoisotopic (exact) mass is 395 g/mol. The fourth-order valence-corrected chi connectivity index (χ4v) is 5.65. The van der Waals surface area contributed by atoms with Crippen LogP contribution in [0.4, 0.5) is 5.69 Å². The van der Waals surface area contributed by atoms with E-state index in [9.17, 15) is 14.8 Å². The van der Waals surface area contributed by atoms with Gasteiger partial charge in [-0.15, -0.1) is 0 Å². The number of hydrogen-bond acceptors (Lipinski definition) is 5. The van der Waals surface area contributed by atoms with Gasteiger partial charge in [-0.1, -0.05) is 0 Å². The number of piperazine rings is 1. The molecule has 6 rings (SSSR count). The van der Waals surface area contributed by atoms with Crippen molar-refractivity contribution >= 4 is 28.8 Å². The summed E-state index contributed by atoms with van der Waals surface area (Å²) in [5, 5.41) is 16.2. The molecule has 0 bridgehead atoms. The zero-order valence-electron chi connectivity index (χ0n) is 16.3. The third-order valence-corrected chi connectivity index (χ3v) is 6.75. The van der Waals surface area contributed by atoms with Crippen LogP contribution in [0.25, 0.3) is 5.57 Å². The first-order valence-corrected chi connectivity index (χ1v) is 9.96. The maximum atomic E-state index is 13.5. The zero-order valence-corrected chi connectivity index (χ0v) is 16.3. The average Bonchev–Trinajstić information content (AvgIpc) is 3.37. The number of amides is 2. The van der Waals surface area contributed by atoms with Gasteiger partial charge in [-0.25, -0.2) is 0 Å². The van der Waals surface area contributed by atoms with Crippen molar-refractivity contribution in [2.45, 2.75) is 44.7 Å². The molecule has 2 fully saturated rings. The van der Waals surface area contributed by atoms with Crippen LogP contribution in [-0.2, 0) is 9.59 Å². The Morgan fingerprint density at radius 1 is 1.24 bits per heavy atom. The highest BCUT2D eigenvalue weighted by Gasteiger charge is 2.59. The van der Waals surface area contributed by atoms with Gasteiger partial charge in [0.1, 0.15) is 11.6 Å². The molecule has 8 heteroatoms. The molecule has 0 unspecified atom stereocenters. The first kappa shape index (κ1) is 16.9. The van der Waals surface area contributed by atoms with Crippen LogP contribution in [-0.4, -0.2) is 52.1 Å². The Morgan fingerprint density at radius 2 is 2.00 bits per heavy atom. The Bertz CT molecular complexity index is 1070. The summed E-state index contributed by atoms with van der Waals surface area (Å²) in [6.07, 6.45) is 3.66. The molecule has 29 heavy (non-hydrogen) atoms. The fourth-order valence-electron chi connectivity index (χ4n) is 5.65. The van der Waals surface area contributed by atoms with E-state index in [4.69, 9.17) is 9.47 Å². The molecule has 2 amide bonds. The van der Waals surface area contributed by atoms with Gasteiger partial charge in [-0.2, -0.15) is 4.74 Å². The molecule has 0 radical (unpaired) electrons. The first-order chi connectivity index (χ1) is 13.8. The summed E-state index contributed by atoms with van der Waals surface area (Å²) >= 11 is 0. The Balaban J connectivity index is 1.56. The summed E-state index contributed by atoms with van der Waals surface area (Å²) in [6, 6.07) is 3.11. The second kappa shape index (κ2) is 5.11. The van der Waals surface area contributed by atoms with E-state index in [1.54, 1.807) is 23.1 Å². The van der Waals surface area contributed by atoms with Crippen LogP contribution in [0, 0.1) is 10.6 Å². The van der Waals surface area contributed by atoms with Crippen molar-refractivity contribution in [3.8, 4) is 11.5 Å². The number of benzene rings is 1. The van der Waals surface area contributed by atoms with Gasteiger partial charge < -0.3 is 24.9 Å². The van der Waals surface area contributed by atoms with Gasteiger partial charge in [0, 0.05) is 6.54 Å². The molecule has 2 atom stereocenters. The number of fused-ring (bicyclic) bond motifs is 5. The molecular formula is C21H21N3O5. The van der Waals surface area contributed by atoms with Crippen molar-refractivity contribution in [1.29, 1.82) is 0 Å². The number of hydrogen-bond donors (Lipinski definition) is 1. The van der Waals surface area contributed by atoms with E-state index in [1.807, 2.05) is 13.8 Å². The third-order valence-electron chi connectivity index (χ3n) is 6.75. The second-order valence-corrected chi connectivity index (χ2v) is 9.10. The maximum absolute atomic E-state index is 13.5. The topological polar surface area (TPSA) is 93.9 Å². The van der Waals surface area contributed by atoms with Crippen LogP contribution in [0.15, 0.2) is 18.2 Å². The van der Waals surface area contributed by atoms with Gasteiger partial charge in [0.25, 0.3) is 5.91 Å². The molecule has 1 aliphatic carbocycles. The van der Waals surface area contributed by atoms with E-state index >= 15 is 0 Å². The smallest absolute Gasteiger partial charge is 0.253 e. The van der Waals surface area contributed by atoms with E-state index in [2.05, 4.69) is 5.32 Å². The SMILES string of the molecule is CC1(C)C[C@@]2(C=C3C1=[N+]([O-])c1cc4c(cc13)OCO4)NC(=O)[C@@H]1CCCN1C2=O. The number of carbonyl (C=O) groups excluding carboxylic acids is 2. The average molecular weight is 395 g/mol. The van der Waals surface area contributed by atoms with E-state index in [0.717, 1.165) is 11.2 Å². The summed E-state index contributed by atoms with van der Waals surface area (Å²) in [4.78, 5) is 28.0. The molecule has 5 aliphatic rings. The predicted octanol–water partition coefficient (Wildman–Crippen LogP) is 1.68. The molecule has 1 N–H and O–H groups in total. The van der Waals surface area contributed by atoms with E-state index in [1.165, 1.54) is 0 Å². The van der Waals surface area contributed by atoms with Gasteiger partial charge in [0.05, 0.1) is 22.6 Å². The Kier molecular flexibility index (Phi) is 2.98. The van der Waals surface area contributed by atoms with Crippen LogP contribution < -0.4 is 14.8 Å². The lowest BCUT2D eigenvalue weighted by Gasteiger charge is -2.47. The molecule has 0 aromatic heterocycles. The van der Waals surface area contributed by atoms with Gasteiger partial charge in [-0.3, -0.25) is 9.59 Å². The standard InChI is InChI=1S/C21H21N3O5/c1-20(2)9-21(19(26)23-5-3-4-13(23)18(25)22-21)8-12-11-6-15-16(29-10-28-15)7-14(11)24(27)17(12)20/h6-8,13H,3-5,9-10H2,1-2H3,(H,22,25)/t13-,21+/m0/s1. The minimum Gasteiger partial charge on any atom is -0.618 e. The zero-order chi connectivity index (χ0) is 20.1. The van der Waals surface area contributed by atoms with Crippen LogP contribution in [0.2, 0.25) is 0 Å². The lowest BCUT2D eigenvalue weighted by molar-refractivity contribution is -0.361. The highest BCUT2D eigenvalue weighted by Crippen LogP contribution is 2.52. The number of nitrogens with one attached hydrogen (secondary N) is 1.